The van der Waals surface area contributed by atoms with Gasteiger partial charge in [0.1, 0.15) is 0 Å². The number of nitrogens with zero attached hydrogens (tertiary/aromatic N) is 3. The van der Waals surface area contributed by atoms with Gasteiger partial charge in [-0.1, -0.05) is 0 Å². The molecule has 1 aromatic rings. The van der Waals surface area contributed by atoms with Gasteiger partial charge in [-0.25, -0.2) is 0 Å². The molecule has 0 saturated heterocycles. The number of aromatic nitrogens is 3. The fraction of sp³-hybridized carbons (Fsp3) is 0.667. The maximum Gasteiger partial charge on any atom is 0.315 e. The lowest BCUT2D eigenvalue weighted by atomic mass is 10.4. The van der Waals surface area contributed by atoms with Crippen LogP contribution in [0.5, 0.6) is 0 Å². The first-order chi connectivity index (χ1) is 6.97. The molecular weight excluding hydrogens is 197 g/mol. The van der Waals surface area contributed by atoms with Crippen LogP contribution in [0.2, 0.25) is 0 Å². The summed E-state index contributed by atoms with van der Waals surface area (Å²) in [7, 11) is 0. The molecule has 6 heteroatoms. The lowest BCUT2D eigenvalue weighted by molar-refractivity contribution is 0.534. The fourth-order valence-corrected chi connectivity index (χ4v) is 0.996. The van der Waals surface area contributed by atoms with Gasteiger partial charge in [-0.15, -0.1) is 0 Å². The summed E-state index contributed by atoms with van der Waals surface area (Å²) < 4.78 is 13.0. The number of hydrogen-bond acceptors (Lipinski definition) is 5. The molecular formula is C9H16FN5. The normalized spacial score (nSPS) is 10.9. The van der Waals surface area contributed by atoms with Crippen LogP contribution in [0, 0.1) is 6.08 Å². The SMILES string of the molecule is CC(C)Nc1nc(F)nc(NC(C)C)n1. The molecule has 15 heavy (non-hydrogen) atoms. The van der Waals surface area contributed by atoms with E-state index in [1.54, 1.807) is 0 Å². The first-order valence-electron chi connectivity index (χ1n) is 4.92. The van der Waals surface area contributed by atoms with Crippen LogP contribution in [0.15, 0.2) is 0 Å². The van der Waals surface area contributed by atoms with Crippen LogP contribution in [-0.4, -0.2) is 27.0 Å². The van der Waals surface area contributed by atoms with Crippen molar-refractivity contribution in [3.63, 3.8) is 0 Å². The van der Waals surface area contributed by atoms with E-state index in [4.69, 9.17) is 0 Å². The monoisotopic (exact) mass is 213 g/mol. The quantitative estimate of drug-likeness (QED) is 0.796. The molecule has 1 aromatic heterocycles. The summed E-state index contributed by atoms with van der Waals surface area (Å²) in [5.74, 6) is 0.501. The maximum atomic E-state index is 13.0. The molecule has 0 atom stereocenters. The minimum Gasteiger partial charge on any atom is -0.352 e. The molecule has 1 rings (SSSR count). The van der Waals surface area contributed by atoms with E-state index in [1.165, 1.54) is 0 Å². The van der Waals surface area contributed by atoms with Crippen molar-refractivity contribution in [2.75, 3.05) is 10.6 Å². The van der Waals surface area contributed by atoms with Crippen molar-refractivity contribution in [3.8, 4) is 0 Å². The van der Waals surface area contributed by atoms with Gasteiger partial charge < -0.3 is 10.6 Å². The van der Waals surface area contributed by atoms with Crippen LogP contribution >= 0.6 is 0 Å². The predicted octanol–water partition coefficient (Wildman–Crippen LogP) is 1.65. The molecule has 0 spiro atoms. The predicted molar refractivity (Wildman–Crippen MR) is 57.3 cm³/mol. The average Bonchev–Trinajstić information content (AvgIpc) is 1.98. The highest BCUT2D eigenvalue weighted by Gasteiger charge is 2.07. The summed E-state index contributed by atoms with van der Waals surface area (Å²) in [5.41, 5.74) is 0. The summed E-state index contributed by atoms with van der Waals surface area (Å²) in [6, 6.07) is 0.303. The first kappa shape index (κ1) is 11.6. The van der Waals surface area contributed by atoms with Crippen LogP contribution in [-0.2, 0) is 0 Å². The van der Waals surface area contributed by atoms with Gasteiger partial charge in [-0.05, 0) is 27.7 Å². The standard InChI is InChI=1S/C9H16FN5/c1-5(2)11-8-13-7(10)14-9(15-8)12-6(3)4/h5-6H,1-4H3,(H2,11,12,13,14,15). The van der Waals surface area contributed by atoms with E-state index in [9.17, 15) is 4.39 Å². The molecule has 0 amide bonds. The second kappa shape index (κ2) is 4.86. The lowest BCUT2D eigenvalue weighted by Crippen LogP contribution is -2.18. The Kier molecular flexibility index (Phi) is 3.76. The molecule has 0 aliphatic rings. The van der Waals surface area contributed by atoms with Gasteiger partial charge in [0.25, 0.3) is 0 Å². The molecule has 0 bridgehead atoms. The van der Waals surface area contributed by atoms with Gasteiger partial charge in [0, 0.05) is 12.1 Å². The minimum absolute atomic E-state index is 0.152. The van der Waals surface area contributed by atoms with E-state index in [0.29, 0.717) is 0 Å². The van der Waals surface area contributed by atoms with Crippen molar-refractivity contribution in [2.45, 2.75) is 39.8 Å². The summed E-state index contributed by atoms with van der Waals surface area (Å²) >= 11 is 0. The highest BCUT2D eigenvalue weighted by Crippen LogP contribution is 2.06. The highest BCUT2D eigenvalue weighted by atomic mass is 19.1. The maximum absolute atomic E-state index is 13.0. The Morgan fingerprint density at radius 3 is 1.60 bits per heavy atom. The number of halogens is 1. The summed E-state index contributed by atoms with van der Waals surface area (Å²) in [6.45, 7) is 7.71. The molecule has 0 aromatic carbocycles. The van der Waals surface area contributed by atoms with Crippen molar-refractivity contribution in [1.82, 2.24) is 15.0 Å². The molecule has 84 valence electrons. The molecule has 0 fully saturated rings. The Balaban J connectivity index is 2.84. The fourth-order valence-electron chi connectivity index (χ4n) is 0.996. The van der Waals surface area contributed by atoms with Gasteiger partial charge in [-0.3, -0.25) is 0 Å². The van der Waals surface area contributed by atoms with Crippen molar-refractivity contribution in [3.05, 3.63) is 6.08 Å². The third-order valence-electron chi connectivity index (χ3n) is 1.44. The number of nitrogens with one attached hydrogen (secondary N) is 2. The Labute approximate surface area is 88.5 Å². The zero-order valence-corrected chi connectivity index (χ0v) is 9.37. The molecule has 0 aliphatic heterocycles. The van der Waals surface area contributed by atoms with Crippen LogP contribution in [0.25, 0.3) is 0 Å². The zero-order valence-electron chi connectivity index (χ0n) is 9.37. The number of hydrogen-bond donors (Lipinski definition) is 2. The number of rotatable bonds is 4. The van der Waals surface area contributed by atoms with Gasteiger partial charge in [0.2, 0.25) is 11.9 Å². The third kappa shape index (κ3) is 4.05. The Hall–Kier alpha value is -1.46. The van der Waals surface area contributed by atoms with E-state index in [2.05, 4.69) is 25.6 Å². The van der Waals surface area contributed by atoms with Crippen molar-refractivity contribution < 1.29 is 4.39 Å². The van der Waals surface area contributed by atoms with E-state index in [-0.39, 0.29) is 24.0 Å². The summed E-state index contributed by atoms with van der Waals surface area (Å²) in [4.78, 5) is 11.1. The summed E-state index contributed by atoms with van der Waals surface area (Å²) in [6.07, 6.45) is -0.781. The second-order valence-corrected chi connectivity index (χ2v) is 3.85. The van der Waals surface area contributed by atoms with Gasteiger partial charge in [-0.2, -0.15) is 19.3 Å². The Morgan fingerprint density at radius 1 is 0.867 bits per heavy atom. The minimum atomic E-state index is -0.781. The lowest BCUT2D eigenvalue weighted by Gasteiger charge is -2.11. The Morgan fingerprint density at radius 2 is 1.27 bits per heavy atom. The molecule has 1 heterocycles. The number of anilines is 2. The van der Waals surface area contributed by atoms with Crippen LogP contribution in [0.4, 0.5) is 16.3 Å². The Bertz CT molecular complexity index is 298. The molecule has 0 saturated carbocycles. The van der Waals surface area contributed by atoms with E-state index in [1.807, 2.05) is 27.7 Å². The molecule has 0 unspecified atom stereocenters. The van der Waals surface area contributed by atoms with Gasteiger partial charge in [0.05, 0.1) is 0 Å². The molecule has 2 N–H and O–H groups in total. The van der Waals surface area contributed by atoms with Crippen molar-refractivity contribution in [1.29, 1.82) is 0 Å². The van der Waals surface area contributed by atoms with Crippen LogP contribution < -0.4 is 10.6 Å². The summed E-state index contributed by atoms with van der Waals surface area (Å²) in [5, 5.41) is 5.83. The van der Waals surface area contributed by atoms with Gasteiger partial charge >= 0.3 is 6.08 Å². The molecule has 0 aliphatic carbocycles. The van der Waals surface area contributed by atoms with Crippen LogP contribution in [0.3, 0.4) is 0 Å². The average molecular weight is 213 g/mol. The van der Waals surface area contributed by atoms with E-state index >= 15 is 0 Å². The smallest absolute Gasteiger partial charge is 0.315 e. The van der Waals surface area contributed by atoms with Crippen molar-refractivity contribution in [2.24, 2.45) is 0 Å². The van der Waals surface area contributed by atoms with E-state index in [0.717, 1.165) is 0 Å². The largest absolute Gasteiger partial charge is 0.352 e. The zero-order chi connectivity index (χ0) is 11.4. The second-order valence-electron chi connectivity index (χ2n) is 3.85. The molecule has 0 radical (unpaired) electrons. The van der Waals surface area contributed by atoms with Crippen LogP contribution in [0.1, 0.15) is 27.7 Å². The molecule has 5 nitrogen and oxygen atoms in total. The van der Waals surface area contributed by atoms with Crippen molar-refractivity contribution >= 4 is 11.9 Å². The third-order valence-corrected chi connectivity index (χ3v) is 1.44. The van der Waals surface area contributed by atoms with Gasteiger partial charge in [0.15, 0.2) is 0 Å². The van der Waals surface area contributed by atoms with E-state index < -0.39 is 6.08 Å². The highest BCUT2D eigenvalue weighted by molar-refractivity contribution is 5.33. The first-order valence-corrected chi connectivity index (χ1v) is 4.92. The topological polar surface area (TPSA) is 62.7 Å².